The number of carbonyl (C=O) groups is 5. The highest BCUT2D eigenvalue weighted by molar-refractivity contribution is 6.01. The van der Waals surface area contributed by atoms with E-state index in [0.29, 0.717) is 0 Å². The number of amides is 1. The largest absolute Gasteiger partial charge is 0.481 e. The molecule has 222 valence electrons. The maximum atomic E-state index is 13.4. The van der Waals surface area contributed by atoms with Gasteiger partial charge in [0.1, 0.15) is 13.0 Å². The molecule has 1 atom stereocenters. The molecule has 0 aliphatic carbocycles. The van der Waals surface area contributed by atoms with Crippen molar-refractivity contribution in [1.29, 1.82) is 0 Å². The number of carboxylic acid groups (broad SMARTS) is 1. The van der Waals surface area contributed by atoms with E-state index < -0.39 is 60.1 Å². The smallest absolute Gasteiger partial charge is 0.421 e. The number of carbonyl (C=O) groups excluding carboxylic acids is 4. The van der Waals surface area contributed by atoms with Gasteiger partial charge in [0.05, 0.1) is 34.7 Å². The number of hydrogen-bond donors (Lipinski definition) is 1. The molecule has 0 fully saturated rings. The summed E-state index contributed by atoms with van der Waals surface area (Å²) >= 11 is 0. The zero-order valence-electron chi connectivity index (χ0n) is 23.0. The fourth-order valence-corrected chi connectivity index (χ4v) is 3.97. The third-order valence-electron chi connectivity index (χ3n) is 5.63. The van der Waals surface area contributed by atoms with Crippen LogP contribution in [0.5, 0.6) is 0 Å². The van der Waals surface area contributed by atoms with E-state index in [0.717, 1.165) is 4.90 Å². The van der Waals surface area contributed by atoms with E-state index in [-0.39, 0.29) is 47.0 Å². The topological polar surface area (TPSA) is 198 Å². The van der Waals surface area contributed by atoms with Gasteiger partial charge >= 0.3 is 30.0 Å². The van der Waals surface area contributed by atoms with Gasteiger partial charge in [-0.1, -0.05) is 12.1 Å². The molecule has 0 aromatic heterocycles. The van der Waals surface area contributed by atoms with Gasteiger partial charge in [0.2, 0.25) is 6.79 Å². The first kappa shape index (κ1) is 32.4. The predicted octanol–water partition coefficient (Wildman–Crippen LogP) is 2.80. The number of hydrogen-bond acceptors (Lipinski definition) is 12. The van der Waals surface area contributed by atoms with Crippen molar-refractivity contribution in [2.45, 2.75) is 46.1 Å². The van der Waals surface area contributed by atoms with Crippen LogP contribution >= 0.6 is 0 Å². The molecule has 1 heterocycles. The minimum Gasteiger partial charge on any atom is -0.481 e. The maximum absolute atomic E-state index is 13.4. The summed E-state index contributed by atoms with van der Waals surface area (Å²) in [6.45, 7) is 4.78. The van der Waals surface area contributed by atoms with Crippen LogP contribution in [-0.4, -0.2) is 78.1 Å². The maximum Gasteiger partial charge on any atom is 0.421 e. The molecule has 0 spiro atoms. The van der Waals surface area contributed by atoms with E-state index in [4.69, 9.17) is 24.1 Å². The first-order valence-electron chi connectivity index (χ1n) is 12.2. The first-order chi connectivity index (χ1) is 19.3. The number of esters is 3. The van der Waals surface area contributed by atoms with E-state index in [1.165, 1.54) is 45.2 Å². The Bertz CT molecular complexity index is 1280. The molecular formula is C26H30N2O13. The fourth-order valence-electron chi connectivity index (χ4n) is 3.97. The van der Waals surface area contributed by atoms with Crippen LogP contribution in [0.15, 0.2) is 46.8 Å². The van der Waals surface area contributed by atoms with E-state index in [1.807, 2.05) is 0 Å². The number of nitro benzene ring substituents is 1. The van der Waals surface area contributed by atoms with Crippen molar-refractivity contribution in [1.82, 2.24) is 4.90 Å². The Kier molecular flexibility index (Phi) is 11.5. The Morgan fingerprint density at radius 2 is 1.63 bits per heavy atom. The number of ether oxygens (including phenoxy) is 5. The second-order valence-corrected chi connectivity index (χ2v) is 8.82. The summed E-state index contributed by atoms with van der Waals surface area (Å²) < 4.78 is 25.2. The van der Waals surface area contributed by atoms with Gasteiger partial charge in [0.15, 0.2) is 0 Å². The molecule has 41 heavy (non-hydrogen) atoms. The van der Waals surface area contributed by atoms with Crippen LogP contribution in [0.4, 0.5) is 10.5 Å². The van der Waals surface area contributed by atoms with Crippen molar-refractivity contribution >= 4 is 35.7 Å². The van der Waals surface area contributed by atoms with Crippen molar-refractivity contribution in [3.8, 4) is 0 Å². The van der Waals surface area contributed by atoms with Gasteiger partial charge in [-0.3, -0.25) is 24.6 Å². The highest BCUT2D eigenvalue weighted by Crippen LogP contribution is 2.44. The molecule has 15 nitrogen and oxygen atoms in total. The third kappa shape index (κ3) is 8.35. The van der Waals surface area contributed by atoms with E-state index in [9.17, 15) is 34.1 Å². The molecule has 1 aromatic carbocycles. The molecule has 0 bridgehead atoms. The number of aliphatic carboxylic acids is 1. The zero-order valence-corrected chi connectivity index (χ0v) is 23.0. The fraction of sp³-hybridized carbons (Fsp3) is 0.423. The SMILES string of the molecule is COCCOC(=O)C1=C(C)N(C(=O)OCOC(=O)CC(=O)O)C(C)=C(C(=O)OC(C)C)C1c1cccc([N+](=O)[O-])c1. The summed E-state index contributed by atoms with van der Waals surface area (Å²) in [5.74, 6) is -5.75. The van der Waals surface area contributed by atoms with Crippen LogP contribution < -0.4 is 0 Å². The van der Waals surface area contributed by atoms with Gasteiger partial charge in [-0.25, -0.2) is 14.4 Å². The summed E-state index contributed by atoms with van der Waals surface area (Å²) in [6.07, 6.45) is -2.77. The van der Waals surface area contributed by atoms with E-state index in [2.05, 4.69) is 4.74 Å². The molecule has 0 saturated heterocycles. The van der Waals surface area contributed by atoms with Gasteiger partial charge in [0, 0.05) is 30.6 Å². The molecule has 1 aromatic rings. The van der Waals surface area contributed by atoms with Crippen molar-refractivity contribution in [3.05, 3.63) is 62.5 Å². The second-order valence-electron chi connectivity index (χ2n) is 8.82. The monoisotopic (exact) mass is 578 g/mol. The number of benzene rings is 1. The highest BCUT2D eigenvalue weighted by Gasteiger charge is 2.43. The highest BCUT2D eigenvalue weighted by atomic mass is 16.7. The molecule has 1 aliphatic rings. The Labute approximate surface area is 234 Å². The lowest BCUT2D eigenvalue weighted by atomic mass is 9.79. The van der Waals surface area contributed by atoms with Gasteiger partial charge in [-0.2, -0.15) is 0 Å². The van der Waals surface area contributed by atoms with Gasteiger partial charge in [0.25, 0.3) is 5.69 Å². The molecule has 2 rings (SSSR count). The average molecular weight is 579 g/mol. The van der Waals surface area contributed by atoms with Gasteiger partial charge in [-0.05, 0) is 33.3 Å². The van der Waals surface area contributed by atoms with Crippen LogP contribution in [0.25, 0.3) is 0 Å². The Morgan fingerprint density at radius 3 is 2.20 bits per heavy atom. The van der Waals surface area contributed by atoms with Crippen molar-refractivity contribution in [2.24, 2.45) is 0 Å². The lowest BCUT2D eigenvalue weighted by Gasteiger charge is -2.36. The van der Waals surface area contributed by atoms with Crippen LogP contribution in [-0.2, 0) is 42.9 Å². The van der Waals surface area contributed by atoms with Crippen LogP contribution in [0, 0.1) is 10.1 Å². The minimum atomic E-state index is -1.45. The van der Waals surface area contributed by atoms with E-state index in [1.54, 1.807) is 13.8 Å². The predicted molar refractivity (Wildman–Crippen MR) is 137 cm³/mol. The standard InChI is InChI=1S/C26H30N2O13/c1-14(2)41-25(33)22-16(4)27(26(34)40-13-39-20(31)12-19(29)30)15(3)21(24(32)38-10-9-37-5)23(22)17-7-6-8-18(11-17)28(35)36/h6-8,11,14,23H,9-10,12-13H2,1-5H3,(H,29,30). The van der Waals surface area contributed by atoms with Crippen LogP contribution in [0.2, 0.25) is 0 Å². The van der Waals surface area contributed by atoms with Crippen molar-refractivity contribution < 1.29 is 57.7 Å². The number of rotatable bonds is 12. The number of nitrogens with zero attached hydrogens (tertiary/aromatic N) is 2. The molecular weight excluding hydrogens is 548 g/mol. The number of methoxy groups -OCH3 is 1. The molecule has 15 heteroatoms. The average Bonchev–Trinajstić information content (AvgIpc) is 2.87. The number of allylic oxidation sites excluding steroid dienone is 2. The molecule has 1 aliphatic heterocycles. The zero-order chi connectivity index (χ0) is 30.9. The summed E-state index contributed by atoms with van der Waals surface area (Å²) in [5, 5.41) is 20.2. The summed E-state index contributed by atoms with van der Waals surface area (Å²) in [5.41, 5.74) is -0.662. The molecule has 1 N–H and O–H groups in total. The molecule has 0 radical (unpaired) electrons. The lowest BCUT2D eigenvalue weighted by molar-refractivity contribution is -0.384. The Hall–Kier alpha value is -4.79. The molecule has 1 amide bonds. The third-order valence-corrected chi connectivity index (χ3v) is 5.63. The summed E-state index contributed by atoms with van der Waals surface area (Å²) in [6, 6.07) is 5.27. The van der Waals surface area contributed by atoms with Crippen LogP contribution in [0.1, 0.15) is 45.6 Å². The van der Waals surface area contributed by atoms with Gasteiger partial charge < -0.3 is 28.8 Å². The quantitative estimate of drug-likeness (QED) is 0.0723. The van der Waals surface area contributed by atoms with Crippen molar-refractivity contribution in [2.75, 3.05) is 27.1 Å². The number of non-ortho nitro benzene ring substituents is 1. The normalized spacial score (nSPS) is 15.0. The van der Waals surface area contributed by atoms with Crippen molar-refractivity contribution in [3.63, 3.8) is 0 Å². The Balaban J connectivity index is 2.68. The number of carboxylic acids is 1. The van der Waals surface area contributed by atoms with Crippen LogP contribution in [0.3, 0.4) is 0 Å². The van der Waals surface area contributed by atoms with E-state index >= 15 is 0 Å². The lowest BCUT2D eigenvalue weighted by Crippen LogP contribution is -2.39. The first-order valence-corrected chi connectivity index (χ1v) is 12.2. The Morgan fingerprint density at radius 1 is 1.00 bits per heavy atom. The summed E-state index contributed by atoms with van der Waals surface area (Å²) in [7, 11) is 1.39. The minimum absolute atomic E-state index is 0.0319. The summed E-state index contributed by atoms with van der Waals surface area (Å²) in [4.78, 5) is 73.9. The number of nitro groups is 1. The van der Waals surface area contributed by atoms with Gasteiger partial charge in [-0.15, -0.1) is 0 Å². The second kappa shape index (κ2) is 14.6. The molecule has 0 saturated carbocycles. The molecule has 1 unspecified atom stereocenters.